The number of nitrogens with one attached hydrogen (secondary N) is 1. The molecule has 0 saturated heterocycles. The van der Waals surface area contributed by atoms with Gasteiger partial charge in [-0.1, -0.05) is 12.1 Å². The van der Waals surface area contributed by atoms with Crippen LogP contribution in [0.25, 0.3) is 0 Å². The first-order valence-electron chi connectivity index (χ1n) is 6.12. The Labute approximate surface area is 120 Å². The van der Waals surface area contributed by atoms with E-state index in [0.717, 1.165) is 10.0 Å². The van der Waals surface area contributed by atoms with Gasteiger partial charge in [-0.15, -0.1) is 0 Å². The van der Waals surface area contributed by atoms with Crippen LogP contribution in [0.5, 0.6) is 0 Å². The minimum atomic E-state index is -0.0385. The zero-order valence-electron chi connectivity index (χ0n) is 10.9. The number of carbonyl (C=O) groups excluding carboxylic acids is 1. The molecule has 0 saturated carbocycles. The second kappa shape index (κ2) is 6.02. The fraction of sp³-hybridized carbons (Fsp3) is 0.286. The summed E-state index contributed by atoms with van der Waals surface area (Å²) in [5.41, 5.74) is 1.79. The van der Waals surface area contributed by atoms with Gasteiger partial charge in [-0.2, -0.15) is 5.10 Å². The number of aromatic nitrogens is 2. The molecule has 0 unspecified atom stereocenters. The Morgan fingerprint density at radius 1 is 1.37 bits per heavy atom. The molecule has 0 radical (unpaired) electrons. The van der Waals surface area contributed by atoms with Gasteiger partial charge < -0.3 is 5.32 Å². The van der Waals surface area contributed by atoms with Crippen LogP contribution in [0.2, 0.25) is 0 Å². The standard InChI is InChI=1S/C14H16BrN3O/c1-10(2)17-14(19)12-5-3-11(4-6-12)8-18-9-13(15)7-16-18/h3-7,9-10H,8H2,1-2H3,(H,17,19). The van der Waals surface area contributed by atoms with Crippen LogP contribution in [0.1, 0.15) is 29.8 Å². The third kappa shape index (κ3) is 3.92. The van der Waals surface area contributed by atoms with Crippen LogP contribution < -0.4 is 5.32 Å². The van der Waals surface area contributed by atoms with Crippen LogP contribution >= 0.6 is 15.9 Å². The van der Waals surface area contributed by atoms with E-state index in [1.165, 1.54) is 0 Å². The lowest BCUT2D eigenvalue weighted by Gasteiger charge is -2.08. The van der Waals surface area contributed by atoms with Gasteiger partial charge in [-0.05, 0) is 47.5 Å². The van der Waals surface area contributed by atoms with Crippen molar-refractivity contribution in [2.45, 2.75) is 26.4 Å². The summed E-state index contributed by atoms with van der Waals surface area (Å²) in [5, 5.41) is 7.07. The predicted octanol–water partition coefficient (Wildman–Crippen LogP) is 2.83. The van der Waals surface area contributed by atoms with E-state index < -0.39 is 0 Å². The summed E-state index contributed by atoms with van der Waals surface area (Å²) in [6.07, 6.45) is 3.67. The topological polar surface area (TPSA) is 46.9 Å². The monoisotopic (exact) mass is 321 g/mol. The lowest BCUT2D eigenvalue weighted by molar-refractivity contribution is 0.0943. The Morgan fingerprint density at radius 3 is 2.58 bits per heavy atom. The summed E-state index contributed by atoms with van der Waals surface area (Å²) in [4.78, 5) is 11.8. The molecule has 0 fully saturated rings. The summed E-state index contributed by atoms with van der Waals surface area (Å²) in [5.74, 6) is -0.0385. The smallest absolute Gasteiger partial charge is 0.251 e. The highest BCUT2D eigenvalue weighted by Gasteiger charge is 2.06. The lowest BCUT2D eigenvalue weighted by atomic mass is 10.1. The van der Waals surface area contributed by atoms with Crippen molar-refractivity contribution in [1.82, 2.24) is 15.1 Å². The van der Waals surface area contributed by atoms with Crippen molar-refractivity contribution in [3.63, 3.8) is 0 Å². The lowest BCUT2D eigenvalue weighted by Crippen LogP contribution is -2.29. The normalized spacial score (nSPS) is 10.7. The van der Waals surface area contributed by atoms with Gasteiger partial charge in [0.1, 0.15) is 0 Å². The quantitative estimate of drug-likeness (QED) is 0.941. The van der Waals surface area contributed by atoms with Crippen LogP contribution in [0.4, 0.5) is 0 Å². The minimum Gasteiger partial charge on any atom is -0.350 e. The average molecular weight is 322 g/mol. The molecule has 19 heavy (non-hydrogen) atoms. The van der Waals surface area contributed by atoms with E-state index in [9.17, 15) is 4.79 Å². The second-order valence-corrected chi connectivity index (χ2v) is 5.60. The molecule has 5 heteroatoms. The summed E-state index contributed by atoms with van der Waals surface area (Å²) in [6.45, 7) is 4.58. The van der Waals surface area contributed by atoms with Crippen LogP contribution in [0.3, 0.4) is 0 Å². The fourth-order valence-corrected chi connectivity index (χ4v) is 2.05. The van der Waals surface area contributed by atoms with Crippen LogP contribution in [0.15, 0.2) is 41.1 Å². The third-order valence-corrected chi connectivity index (χ3v) is 2.99. The van der Waals surface area contributed by atoms with E-state index >= 15 is 0 Å². The van der Waals surface area contributed by atoms with Crippen LogP contribution in [0, 0.1) is 0 Å². The number of carbonyl (C=O) groups is 1. The number of benzene rings is 1. The Morgan fingerprint density at radius 2 is 2.05 bits per heavy atom. The molecule has 0 spiro atoms. The highest BCUT2D eigenvalue weighted by Crippen LogP contribution is 2.10. The van der Waals surface area contributed by atoms with E-state index in [2.05, 4.69) is 26.3 Å². The largest absolute Gasteiger partial charge is 0.350 e. The molecule has 100 valence electrons. The van der Waals surface area contributed by atoms with E-state index in [1.807, 2.05) is 49.0 Å². The number of nitrogens with zero attached hydrogens (tertiary/aromatic N) is 2. The Hall–Kier alpha value is -1.62. The number of hydrogen-bond donors (Lipinski definition) is 1. The summed E-state index contributed by atoms with van der Waals surface area (Å²) in [6, 6.07) is 7.72. The Bertz CT molecular complexity index is 560. The van der Waals surface area contributed by atoms with Crippen molar-refractivity contribution in [1.29, 1.82) is 0 Å². The molecule has 0 aliphatic carbocycles. The van der Waals surface area contributed by atoms with Gasteiger partial charge in [0.2, 0.25) is 0 Å². The Kier molecular flexibility index (Phi) is 4.37. The molecule has 2 aromatic rings. The Balaban J connectivity index is 2.04. The SMILES string of the molecule is CC(C)NC(=O)c1ccc(Cn2cc(Br)cn2)cc1. The molecule has 1 aromatic carbocycles. The highest BCUT2D eigenvalue weighted by molar-refractivity contribution is 9.10. The summed E-state index contributed by atoms with van der Waals surface area (Å²) < 4.78 is 2.80. The van der Waals surface area contributed by atoms with Crippen LogP contribution in [-0.2, 0) is 6.54 Å². The molecule has 1 amide bonds. The van der Waals surface area contributed by atoms with Crippen LogP contribution in [-0.4, -0.2) is 21.7 Å². The van der Waals surface area contributed by atoms with E-state index in [0.29, 0.717) is 12.1 Å². The maximum atomic E-state index is 11.8. The molecule has 1 aromatic heterocycles. The first kappa shape index (κ1) is 13.8. The number of halogens is 1. The molecule has 1 heterocycles. The zero-order valence-corrected chi connectivity index (χ0v) is 12.5. The number of hydrogen-bond acceptors (Lipinski definition) is 2. The van der Waals surface area contributed by atoms with Gasteiger partial charge in [0, 0.05) is 17.8 Å². The molecular weight excluding hydrogens is 306 g/mol. The third-order valence-electron chi connectivity index (χ3n) is 2.58. The molecule has 0 aliphatic heterocycles. The zero-order chi connectivity index (χ0) is 13.8. The summed E-state index contributed by atoms with van der Waals surface area (Å²) >= 11 is 3.36. The van der Waals surface area contributed by atoms with Crippen molar-refractivity contribution in [3.05, 3.63) is 52.3 Å². The first-order chi connectivity index (χ1) is 9.04. The van der Waals surface area contributed by atoms with Crippen molar-refractivity contribution in [2.75, 3.05) is 0 Å². The van der Waals surface area contributed by atoms with Gasteiger partial charge in [0.15, 0.2) is 0 Å². The highest BCUT2D eigenvalue weighted by atomic mass is 79.9. The number of amides is 1. The van der Waals surface area contributed by atoms with Gasteiger partial charge in [-0.25, -0.2) is 0 Å². The van der Waals surface area contributed by atoms with E-state index in [1.54, 1.807) is 6.20 Å². The molecule has 0 bridgehead atoms. The van der Waals surface area contributed by atoms with Crippen molar-refractivity contribution >= 4 is 21.8 Å². The van der Waals surface area contributed by atoms with Crippen molar-refractivity contribution in [2.24, 2.45) is 0 Å². The van der Waals surface area contributed by atoms with E-state index in [-0.39, 0.29) is 11.9 Å². The molecule has 0 aliphatic rings. The number of rotatable bonds is 4. The van der Waals surface area contributed by atoms with Crippen molar-refractivity contribution < 1.29 is 4.79 Å². The first-order valence-corrected chi connectivity index (χ1v) is 6.91. The molecule has 2 rings (SSSR count). The molecule has 1 N–H and O–H groups in total. The minimum absolute atomic E-state index is 0.0385. The van der Waals surface area contributed by atoms with Gasteiger partial charge in [0.05, 0.1) is 17.2 Å². The van der Waals surface area contributed by atoms with Crippen molar-refractivity contribution in [3.8, 4) is 0 Å². The van der Waals surface area contributed by atoms with Gasteiger partial charge in [0.25, 0.3) is 5.91 Å². The van der Waals surface area contributed by atoms with Gasteiger partial charge >= 0.3 is 0 Å². The molecule has 4 nitrogen and oxygen atoms in total. The molecule has 0 atom stereocenters. The molecular formula is C14H16BrN3O. The maximum Gasteiger partial charge on any atom is 0.251 e. The average Bonchev–Trinajstić information content (AvgIpc) is 2.75. The fourth-order valence-electron chi connectivity index (χ4n) is 1.72. The predicted molar refractivity (Wildman–Crippen MR) is 78.1 cm³/mol. The van der Waals surface area contributed by atoms with E-state index in [4.69, 9.17) is 0 Å². The summed E-state index contributed by atoms with van der Waals surface area (Å²) in [7, 11) is 0. The second-order valence-electron chi connectivity index (χ2n) is 4.68. The van der Waals surface area contributed by atoms with Gasteiger partial charge in [-0.3, -0.25) is 9.48 Å². The maximum absolute atomic E-state index is 11.8.